The first-order valence-electron chi connectivity index (χ1n) is 19.8. The van der Waals surface area contributed by atoms with Crippen LogP contribution in [0.15, 0.2) is 182 Å². The molecule has 0 fully saturated rings. The highest BCUT2D eigenvalue weighted by Crippen LogP contribution is 2.53. The Hall–Kier alpha value is -6.64. The molecule has 9 aromatic rings. The van der Waals surface area contributed by atoms with E-state index in [4.69, 9.17) is 0 Å². The van der Waals surface area contributed by atoms with Crippen molar-refractivity contribution in [3.63, 3.8) is 0 Å². The lowest BCUT2D eigenvalue weighted by Crippen LogP contribution is -2.18. The number of hydrogen-bond donors (Lipinski definition) is 0. The Morgan fingerprint density at radius 1 is 0.357 bits per heavy atom. The smallest absolute Gasteiger partial charge is 0.0541 e. The number of fused-ring (bicyclic) bond motifs is 9. The zero-order valence-corrected chi connectivity index (χ0v) is 32.2. The van der Waals surface area contributed by atoms with Crippen molar-refractivity contribution in [2.75, 3.05) is 4.90 Å². The lowest BCUT2D eigenvalue weighted by Gasteiger charge is -2.30. The first-order valence-corrected chi connectivity index (χ1v) is 19.8. The van der Waals surface area contributed by atoms with E-state index < -0.39 is 0 Å². The molecule has 0 atom stereocenters. The Morgan fingerprint density at radius 3 is 1.43 bits per heavy atom. The number of anilines is 3. The highest BCUT2D eigenvalue weighted by molar-refractivity contribution is 6.09. The second kappa shape index (κ2) is 11.9. The van der Waals surface area contributed by atoms with E-state index in [0.717, 1.165) is 11.4 Å². The van der Waals surface area contributed by atoms with Gasteiger partial charge in [0.1, 0.15) is 0 Å². The van der Waals surface area contributed by atoms with Crippen LogP contribution in [0.5, 0.6) is 0 Å². The van der Waals surface area contributed by atoms with Gasteiger partial charge < -0.3 is 9.47 Å². The molecule has 268 valence electrons. The van der Waals surface area contributed by atoms with Gasteiger partial charge in [-0.1, -0.05) is 149 Å². The third-order valence-corrected chi connectivity index (χ3v) is 12.8. The van der Waals surface area contributed by atoms with Crippen LogP contribution in [-0.2, 0) is 10.8 Å². The second-order valence-corrected chi connectivity index (χ2v) is 16.6. The quantitative estimate of drug-likeness (QED) is 0.172. The minimum absolute atomic E-state index is 0.0968. The van der Waals surface area contributed by atoms with Gasteiger partial charge in [-0.15, -0.1) is 0 Å². The topological polar surface area (TPSA) is 8.17 Å². The lowest BCUT2D eigenvalue weighted by atomic mass is 9.82. The van der Waals surface area contributed by atoms with Gasteiger partial charge in [0.25, 0.3) is 0 Å². The molecule has 0 unspecified atom stereocenters. The predicted molar refractivity (Wildman–Crippen MR) is 236 cm³/mol. The largest absolute Gasteiger partial charge is 0.310 e. The van der Waals surface area contributed by atoms with E-state index in [9.17, 15) is 0 Å². The maximum atomic E-state index is 2.46. The molecule has 0 amide bonds. The van der Waals surface area contributed by atoms with Crippen molar-refractivity contribution in [2.45, 2.75) is 38.5 Å². The molecule has 0 saturated heterocycles. The molecule has 0 N–H and O–H groups in total. The summed E-state index contributed by atoms with van der Waals surface area (Å²) in [6.07, 6.45) is 0. The molecular weight excluding hydrogens is 677 g/mol. The molecule has 8 aromatic carbocycles. The summed E-state index contributed by atoms with van der Waals surface area (Å²) in [5.74, 6) is 0. The maximum Gasteiger partial charge on any atom is 0.0541 e. The Balaban J connectivity index is 1.05. The number of para-hydroxylation sites is 2. The number of hydrogen-bond acceptors (Lipinski definition) is 1. The van der Waals surface area contributed by atoms with E-state index in [1.54, 1.807) is 0 Å². The van der Waals surface area contributed by atoms with E-state index >= 15 is 0 Å². The molecule has 2 nitrogen and oxygen atoms in total. The van der Waals surface area contributed by atoms with Crippen LogP contribution in [-0.4, -0.2) is 4.57 Å². The molecule has 11 rings (SSSR count). The first kappa shape index (κ1) is 32.8. The zero-order chi connectivity index (χ0) is 37.8. The molecule has 0 aliphatic heterocycles. The van der Waals surface area contributed by atoms with Crippen LogP contribution in [0.2, 0.25) is 0 Å². The van der Waals surface area contributed by atoms with Gasteiger partial charge in [-0.3, -0.25) is 0 Å². The Morgan fingerprint density at radius 2 is 0.804 bits per heavy atom. The normalized spacial score (nSPS) is 14.4. The molecular formula is C54H42N2. The fourth-order valence-electron chi connectivity index (χ4n) is 9.90. The Kier molecular flexibility index (Phi) is 6.98. The first-order chi connectivity index (χ1) is 27.3. The van der Waals surface area contributed by atoms with Gasteiger partial charge in [-0.25, -0.2) is 0 Å². The van der Waals surface area contributed by atoms with Crippen LogP contribution >= 0.6 is 0 Å². The third kappa shape index (κ3) is 4.69. The van der Waals surface area contributed by atoms with Gasteiger partial charge in [-0.05, 0) is 116 Å². The Bertz CT molecular complexity index is 2960. The van der Waals surface area contributed by atoms with Crippen molar-refractivity contribution < 1.29 is 0 Å². The summed E-state index contributed by atoms with van der Waals surface area (Å²) in [5.41, 5.74) is 20.0. The fraction of sp³-hybridized carbons (Fsp3) is 0.111. The molecule has 2 aliphatic carbocycles. The van der Waals surface area contributed by atoms with Crippen LogP contribution in [0.1, 0.15) is 49.9 Å². The number of nitrogens with zero attached hydrogens (tertiary/aromatic N) is 2. The third-order valence-electron chi connectivity index (χ3n) is 12.8. The van der Waals surface area contributed by atoms with Crippen molar-refractivity contribution in [3.8, 4) is 39.1 Å². The highest BCUT2D eigenvalue weighted by atomic mass is 15.1. The van der Waals surface area contributed by atoms with Gasteiger partial charge in [0, 0.05) is 44.4 Å². The van der Waals surface area contributed by atoms with Crippen LogP contribution < -0.4 is 4.90 Å². The van der Waals surface area contributed by atoms with Gasteiger partial charge in [0.15, 0.2) is 0 Å². The van der Waals surface area contributed by atoms with E-state index in [1.807, 2.05) is 0 Å². The molecule has 2 heteroatoms. The minimum atomic E-state index is -0.208. The van der Waals surface area contributed by atoms with Crippen molar-refractivity contribution in [2.24, 2.45) is 0 Å². The van der Waals surface area contributed by atoms with Crippen LogP contribution in [0.25, 0.3) is 60.9 Å². The van der Waals surface area contributed by atoms with Crippen LogP contribution in [0, 0.1) is 0 Å². The average Bonchev–Trinajstić information content (AvgIpc) is 3.78. The molecule has 56 heavy (non-hydrogen) atoms. The summed E-state index contributed by atoms with van der Waals surface area (Å²) in [7, 11) is 0. The molecule has 1 aromatic heterocycles. The van der Waals surface area contributed by atoms with Gasteiger partial charge >= 0.3 is 0 Å². The van der Waals surface area contributed by atoms with Crippen molar-refractivity contribution in [1.82, 2.24) is 4.57 Å². The van der Waals surface area contributed by atoms with Crippen molar-refractivity contribution in [1.29, 1.82) is 0 Å². The number of benzene rings is 8. The maximum absolute atomic E-state index is 2.46. The van der Waals surface area contributed by atoms with Crippen molar-refractivity contribution in [3.05, 3.63) is 204 Å². The van der Waals surface area contributed by atoms with Gasteiger partial charge in [-0.2, -0.15) is 0 Å². The SMILES string of the molecule is CC1(C)c2ccccc2-c2ccc(N(c3ccc(-c4ccccc4)cc3)c3ccc4c(c3)C(C)(C)c3cc(-n5c6ccccc6c6ccccc65)ccc3-4)cc21. The van der Waals surface area contributed by atoms with E-state index in [1.165, 1.54) is 88.8 Å². The van der Waals surface area contributed by atoms with Gasteiger partial charge in [0.05, 0.1) is 11.0 Å². The second-order valence-electron chi connectivity index (χ2n) is 16.6. The van der Waals surface area contributed by atoms with Crippen molar-refractivity contribution >= 4 is 38.9 Å². The molecule has 0 spiro atoms. The number of rotatable bonds is 5. The summed E-state index contributed by atoms with van der Waals surface area (Å²) in [4.78, 5) is 2.46. The molecule has 2 aliphatic rings. The average molecular weight is 719 g/mol. The van der Waals surface area contributed by atoms with Crippen LogP contribution in [0.3, 0.4) is 0 Å². The lowest BCUT2D eigenvalue weighted by molar-refractivity contribution is 0.659. The number of aromatic nitrogens is 1. The zero-order valence-electron chi connectivity index (χ0n) is 32.2. The summed E-state index contributed by atoms with van der Waals surface area (Å²) < 4.78 is 2.43. The highest BCUT2D eigenvalue weighted by Gasteiger charge is 2.38. The van der Waals surface area contributed by atoms with E-state index in [-0.39, 0.29) is 10.8 Å². The summed E-state index contributed by atoms with van der Waals surface area (Å²) in [6, 6.07) is 67.5. The monoisotopic (exact) mass is 718 g/mol. The summed E-state index contributed by atoms with van der Waals surface area (Å²) >= 11 is 0. The summed E-state index contributed by atoms with van der Waals surface area (Å²) in [5, 5.41) is 2.57. The van der Waals surface area contributed by atoms with E-state index in [2.05, 4.69) is 219 Å². The Labute approximate surface area is 328 Å². The fourth-order valence-corrected chi connectivity index (χ4v) is 9.90. The molecule has 0 saturated carbocycles. The molecule has 0 bridgehead atoms. The van der Waals surface area contributed by atoms with E-state index in [0.29, 0.717) is 0 Å². The van der Waals surface area contributed by atoms with Gasteiger partial charge in [0.2, 0.25) is 0 Å². The predicted octanol–water partition coefficient (Wildman–Crippen LogP) is 14.5. The summed E-state index contributed by atoms with van der Waals surface area (Å²) in [6.45, 7) is 9.52. The standard InChI is InChI=1S/C54H42N2/c1-53(2)47-19-11-8-16-41(47)42-29-26-38(32-48(42)53)55(37-24-22-36(23-25-37)35-14-6-5-7-15-35)39-27-30-43-44-31-28-40(34-50(44)54(3,4)49(43)33-39)56-51-20-12-9-17-45(51)46-18-10-13-21-52(46)56/h5-34H,1-4H3. The molecule has 1 heterocycles. The molecule has 0 radical (unpaired) electrons. The van der Waals surface area contributed by atoms with Crippen LogP contribution in [0.4, 0.5) is 17.1 Å². The minimum Gasteiger partial charge on any atom is -0.310 e.